The molecular weight excluding hydrogens is 264 g/mol. The van der Waals surface area contributed by atoms with E-state index in [1.807, 2.05) is 24.3 Å². The highest BCUT2D eigenvalue weighted by molar-refractivity contribution is 5.79. The summed E-state index contributed by atoms with van der Waals surface area (Å²) in [6.07, 6.45) is 2.82. The predicted molar refractivity (Wildman–Crippen MR) is 84.8 cm³/mol. The molecule has 0 radical (unpaired) electrons. The normalized spacial score (nSPS) is 15.8. The molecule has 2 heterocycles. The molecular formula is C17H20N2O2. The molecule has 1 fully saturated rings. The lowest BCUT2D eigenvalue weighted by atomic mass is 10.1. The van der Waals surface area contributed by atoms with E-state index in [1.54, 1.807) is 6.21 Å². The van der Waals surface area contributed by atoms with Crippen molar-refractivity contribution in [1.82, 2.24) is 0 Å². The minimum Gasteiger partial charge on any atom is -0.440 e. The van der Waals surface area contributed by atoms with Crippen molar-refractivity contribution < 1.29 is 9.15 Å². The van der Waals surface area contributed by atoms with Crippen molar-refractivity contribution in [3.63, 3.8) is 0 Å². The smallest absolute Gasteiger partial charge is 0.196 e. The molecule has 21 heavy (non-hydrogen) atoms. The van der Waals surface area contributed by atoms with Crippen molar-refractivity contribution in [2.75, 3.05) is 31.2 Å². The highest BCUT2D eigenvalue weighted by Gasteiger charge is 2.13. The Morgan fingerprint density at radius 3 is 2.57 bits per heavy atom. The van der Waals surface area contributed by atoms with E-state index in [4.69, 9.17) is 9.15 Å². The number of anilines is 1. The monoisotopic (exact) mass is 284 g/mol. The molecule has 2 aromatic rings. The molecule has 1 aromatic heterocycles. The first kappa shape index (κ1) is 13.9. The van der Waals surface area contributed by atoms with E-state index in [0.717, 1.165) is 50.1 Å². The second kappa shape index (κ2) is 6.59. The van der Waals surface area contributed by atoms with Crippen LogP contribution in [0.3, 0.4) is 0 Å². The van der Waals surface area contributed by atoms with Gasteiger partial charge in [0.2, 0.25) is 0 Å². The Labute approximate surface area is 125 Å². The van der Waals surface area contributed by atoms with Crippen LogP contribution in [0.2, 0.25) is 0 Å². The number of benzene rings is 1. The molecule has 1 aromatic carbocycles. The number of morpholine rings is 1. The number of rotatable bonds is 4. The first-order valence-corrected chi connectivity index (χ1v) is 7.40. The topological polar surface area (TPSA) is 38.0 Å². The first-order chi connectivity index (χ1) is 10.3. The van der Waals surface area contributed by atoms with E-state index >= 15 is 0 Å². The molecule has 0 saturated carbocycles. The van der Waals surface area contributed by atoms with Gasteiger partial charge in [-0.05, 0) is 30.2 Å². The zero-order chi connectivity index (χ0) is 14.5. The summed E-state index contributed by atoms with van der Waals surface area (Å²) in [6.45, 7) is 5.42. The van der Waals surface area contributed by atoms with E-state index in [0.29, 0.717) is 0 Å². The highest BCUT2D eigenvalue weighted by atomic mass is 16.5. The van der Waals surface area contributed by atoms with Gasteiger partial charge >= 0.3 is 0 Å². The third-order valence-corrected chi connectivity index (χ3v) is 3.62. The van der Waals surface area contributed by atoms with Gasteiger partial charge in [0.05, 0.1) is 25.1 Å². The van der Waals surface area contributed by atoms with Crippen LogP contribution in [0.25, 0.3) is 0 Å². The summed E-state index contributed by atoms with van der Waals surface area (Å²) in [5.41, 5.74) is 2.26. The standard InChI is InChI=1S/C17H20N2O2/c1-2-14-3-5-15(6-4-14)18-13-16-7-8-17(21-16)19-9-11-20-12-10-19/h3-8,13H,2,9-12H2,1H3. The molecule has 0 unspecified atom stereocenters. The quantitative estimate of drug-likeness (QED) is 0.807. The van der Waals surface area contributed by atoms with Crippen LogP contribution in [-0.4, -0.2) is 32.5 Å². The lowest BCUT2D eigenvalue weighted by Crippen LogP contribution is -2.35. The van der Waals surface area contributed by atoms with E-state index < -0.39 is 0 Å². The number of aliphatic imine (C=N–C) groups is 1. The zero-order valence-corrected chi connectivity index (χ0v) is 12.3. The maximum absolute atomic E-state index is 5.81. The van der Waals surface area contributed by atoms with Gasteiger partial charge in [-0.1, -0.05) is 19.1 Å². The number of aryl methyl sites for hydroxylation is 1. The Bertz CT molecular complexity index is 596. The SMILES string of the molecule is CCc1ccc(N=Cc2ccc(N3CCOCC3)o2)cc1. The van der Waals surface area contributed by atoms with E-state index in [1.165, 1.54) is 5.56 Å². The Hall–Kier alpha value is -2.07. The summed E-state index contributed by atoms with van der Waals surface area (Å²) >= 11 is 0. The third kappa shape index (κ3) is 3.52. The van der Waals surface area contributed by atoms with Crippen molar-refractivity contribution in [3.8, 4) is 0 Å². The average molecular weight is 284 g/mol. The minimum atomic E-state index is 0.758. The van der Waals surface area contributed by atoms with Crippen LogP contribution in [0.15, 0.2) is 45.8 Å². The lowest BCUT2D eigenvalue weighted by Gasteiger charge is -2.26. The van der Waals surface area contributed by atoms with Gasteiger partial charge in [-0.25, -0.2) is 0 Å². The second-order valence-electron chi connectivity index (χ2n) is 5.05. The fraction of sp³-hybridized carbons (Fsp3) is 0.353. The number of nitrogens with zero attached hydrogens (tertiary/aromatic N) is 2. The fourth-order valence-corrected chi connectivity index (χ4v) is 2.32. The molecule has 4 nitrogen and oxygen atoms in total. The molecule has 4 heteroatoms. The number of furan rings is 1. The molecule has 1 aliphatic heterocycles. The summed E-state index contributed by atoms with van der Waals surface area (Å²) in [4.78, 5) is 6.64. The molecule has 0 N–H and O–H groups in total. The van der Waals surface area contributed by atoms with Gasteiger partial charge in [-0.2, -0.15) is 0 Å². The molecule has 3 rings (SSSR count). The maximum atomic E-state index is 5.81. The van der Waals surface area contributed by atoms with E-state index in [-0.39, 0.29) is 0 Å². The molecule has 1 saturated heterocycles. The fourth-order valence-electron chi connectivity index (χ4n) is 2.32. The van der Waals surface area contributed by atoms with Gasteiger partial charge in [0.15, 0.2) is 5.88 Å². The van der Waals surface area contributed by atoms with Crippen LogP contribution in [0.1, 0.15) is 18.2 Å². The summed E-state index contributed by atoms with van der Waals surface area (Å²) < 4.78 is 11.2. The number of hydrogen-bond acceptors (Lipinski definition) is 4. The summed E-state index contributed by atoms with van der Waals surface area (Å²) in [6, 6.07) is 12.2. The zero-order valence-electron chi connectivity index (χ0n) is 12.3. The van der Waals surface area contributed by atoms with Gasteiger partial charge in [-0.3, -0.25) is 4.99 Å². The van der Waals surface area contributed by atoms with Crippen LogP contribution in [-0.2, 0) is 11.2 Å². The van der Waals surface area contributed by atoms with Crippen molar-refractivity contribution in [1.29, 1.82) is 0 Å². The van der Waals surface area contributed by atoms with E-state index in [2.05, 4.69) is 28.9 Å². The minimum absolute atomic E-state index is 0.758. The van der Waals surface area contributed by atoms with Crippen molar-refractivity contribution in [3.05, 3.63) is 47.7 Å². The predicted octanol–water partition coefficient (Wildman–Crippen LogP) is 3.43. The summed E-state index contributed by atoms with van der Waals surface area (Å²) in [5.74, 6) is 1.66. The highest BCUT2D eigenvalue weighted by Crippen LogP contribution is 2.19. The summed E-state index contributed by atoms with van der Waals surface area (Å²) in [5, 5.41) is 0. The number of hydrogen-bond donors (Lipinski definition) is 0. The average Bonchev–Trinajstić information content (AvgIpc) is 3.03. The van der Waals surface area contributed by atoms with Crippen molar-refractivity contribution >= 4 is 17.8 Å². The Balaban J connectivity index is 1.66. The molecule has 0 bridgehead atoms. The van der Waals surface area contributed by atoms with Gasteiger partial charge in [0, 0.05) is 19.2 Å². The van der Waals surface area contributed by atoms with Crippen LogP contribution >= 0.6 is 0 Å². The Morgan fingerprint density at radius 1 is 1.10 bits per heavy atom. The Morgan fingerprint density at radius 2 is 1.86 bits per heavy atom. The van der Waals surface area contributed by atoms with Crippen LogP contribution in [0.5, 0.6) is 0 Å². The third-order valence-electron chi connectivity index (χ3n) is 3.62. The molecule has 0 atom stereocenters. The molecule has 110 valence electrons. The van der Waals surface area contributed by atoms with Crippen molar-refractivity contribution in [2.24, 2.45) is 4.99 Å². The molecule has 0 spiro atoms. The lowest BCUT2D eigenvalue weighted by molar-refractivity contribution is 0.120. The Kier molecular flexibility index (Phi) is 4.36. The molecule has 1 aliphatic rings. The summed E-state index contributed by atoms with van der Waals surface area (Å²) in [7, 11) is 0. The molecule has 0 aliphatic carbocycles. The second-order valence-corrected chi connectivity index (χ2v) is 5.05. The largest absolute Gasteiger partial charge is 0.440 e. The number of ether oxygens (including phenoxy) is 1. The van der Waals surface area contributed by atoms with Crippen molar-refractivity contribution in [2.45, 2.75) is 13.3 Å². The van der Waals surface area contributed by atoms with Gasteiger partial charge in [-0.15, -0.1) is 0 Å². The van der Waals surface area contributed by atoms with Crippen LogP contribution in [0.4, 0.5) is 11.6 Å². The van der Waals surface area contributed by atoms with E-state index in [9.17, 15) is 0 Å². The maximum Gasteiger partial charge on any atom is 0.196 e. The van der Waals surface area contributed by atoms with Gasteiger partial charge in [0.25, 0.3) is 0 Å². The van der Waals surface area contributed by atoms with Crippen LogP contribution in [0, 0.1) is 0 Å². The van der Waals surface area contributed by atoms with Gasteiger partial charge in [0.1, 0.15) is 5.76 Å². The van der Waals surface area contributed by atoms with Crippen LogP contribution < -0.4 is 4.90 Å². The molecule has 0 amide bonds. The van der Waals surface area contributed by atoms with Gasteiger partial charge < -0.3 is 14.1 Å². The first-order valence-electron chi connectivity index (χ1n) is 7.40.